The summed E-state index contributed by atoms with van der Waals surface area (Å²) in [5, 5.41) is 0. The van der Waals surface area contributed by atoms with Crippen molar-refractivity contribution >= 4 is 24.2 Å². The lowest BCUT2D eigenvalue weighted by Crippen LogP contribution is -2.56. The molecule has 0 saturated carbocycles. The minimum atomic E-state index is -2.17. The van der Waals surface area contributed by atoms with Crippen molar-refractivity contribution in [3.8, 4) is 11.5 Å². The minimum absolute atomic E-state index is 0.0215. The molecular weight excluding hydrogens is 486 g/mol. The van der Waals surface area contributed by atoms with Gasteiger partial charge in [-0.3, -0.25) is 10.5 Å². The van der Waals surface area contributed by atoms with Gasteiger partial charge in [-0.1, -0.05) is 40.7 Å². The van der Waals surface area contributed by atoms with Gasteiger partial charge in [-0.15, -0.1) is 0 Å². The molecule has 208 valence electrons. The Morgan fingerprint density at radius 3 is 1.76 bits per heavy atom. The smallest absolute Gasteiger partial charge is 0.465 e. The SMILES string of the molecule is CCC(c1ccc(OC(=O)O[C@H](C)C(C)C)c(OC(=O)OC(C)C(C)C)c1)[C@](N)(OC(C)=O)C(=O)OC. The first kappa shape index (κ1) is 31.7. The van der Waals surface area contributed by atoms with Gasteiger partial charge < -0.3 is 28.4 Å². The van der Waals surface area contributed by atoms with Gasteiger partial charge in [-0.2, -0.15) is 0 Å². The minimum Gasteiger partial charge on any atom is -0.465 e. The van der Waals surface area contributed by atoms with E-state index in [1.165, 1.54) is 18.2 Å². The van der Waals surface area contributed by atoms with Gasteiger partial charge in [0.1, 0.15) is 12.2 Å². The number of benzene rings is 1. The average Bonchev–Trinajstić information content (AvgIpc) is 2.79. The molecule has 0 aliphatic carbocycles. The second kappa shape index (κ2) is 13.8. The van der Waals surface area contributed by atoms with Crippen LogP contribution in [0, 0.1) is 11.8 Å². The molecule has 0 aromatic heterocycles. The van der Waals surface area contributed by atoms with E-state index in [1.54, 1.807) is 20.8 Å². The zero-order chi connectivity index (χ0) is 28.5. The van der Waals surface area contributed by atoms with Crippen molar-refractivity contribution in [2.75, 3.05) is 7.11 Å². The molecule has 0 saturated heterocycles. The number of rotatable bonds is 11. The summed E-state index contributed by atoms with van der Waals surface area (Å²) >= 11 is 0. The van der Waals surface area contributed by atoms with Crippen LogP contribution in [-0.4, -0.2) is 49.3 Å². The van der Waals surface area contributed by atoms with E-state index in [-0.39, 0.29) is 29.8 Å². The fourth-order valence-electron chi connectivity index (χ4n) is 3.15. The Bertz CT molecular complexity index is 961. The van der Waals surface area contributed by atoms with Crippen molar-refractivity contribution in [2.24, 2.45) is 17.6 Å². The Hall–Kier alpha value is -3.34. The number of nitrogens with two attached hydrogens (primary N) is 1. The van der Waals surface area contributed by atoms with Crippen LogP contribution in [0.25, 0.3) is 0 Å². The molecular formula is C26H39NO10. The van der Waals surface area contributed by atoms with Gasteiger partial charge >= 0.3 is 24.2 Å². The second-order valence-electron chi connectivity index (χ2n) is 9.38. The molecule has 1 aromatic carbocycles. The molecule has 0 heterocycles. The quantitative estimate of drug-likeness (QED) is 0.185. The molecule has 2 N–H and O–H groups in total. The summed E-state index contributed by atoms with van der Waals surface area (Å²) < 4.78 is 31.2. The van der Waals surface area contributed by atoms with Crippen molar-refractivity contribution < 1.29 is 47.6 Å². The lowest BCUT2D eigenvalue weighted by Gasteiger charge is -2.33. The van der Waals surface area contributed by atoms with Crippen molar-refractivity contribution in [3.63, 3.8) is 0 Å². The molecule has 1 rings (SSSR count). The highest BCUT2D eigenvalue weighted by Gasteiger charge is 2.47. The fraction of sp³-hybridized carbons (Fsp3) is 0.615. The van der Waals surface area contributed by atoms with Gasteiger partial charge in [0.15, 0.2) is 11.5 Å². The zero-order valence-electron chi connectivity index (χ0n) is 23.0. The number of methoxy groups -OCH3 is 1. The third kappa shape index (κ3) is 8.92. The maximum Gasteiger partial charge on any atom is 0.514 e. The number of esters is 2. The molecule has 11 nitrogen and oxygen atoms in total. The fourth-order valence-corrected chi connectivity index (χ4v) is 3.15. The number of carbonyl (C=O) groups excluding carboxylic acids is 4. The van der Waals surface area contributed by atoms with Crippen LogP contribution in [0.15, 0.2) is 18.2 Å². The van der Waals surface area contributed by atoms with E-state index in [2.05, 4.69) is 0 Å². The molecule has 0 aliphatic heterocycles. The van der Waals surface area contributed by atoms with Gasteiger partial charge in [0.2, 0.25) is 0 Å². The maximum absolute atomic E-state index is 12.5. The van der Waals surface area contributed by atoms with Crippen LogP contribution in [0.5, 0.6) is 11.5 Å². The molecule has 0 amide bonds. The molecule has 0 fully saturated rings. The summed E-state index contributed by atoms with van der Waals surface area (Å²) in [6, 6.07) is 4.18. The highest BCUT2D eigenvalue weighted by Crippen LogP contribution is 2.38. The van der Waals surface area contributed by atoms with E-state index in [9.17, 15) is 19.2 Å². The number of ether oxygens (including phenoxy) is 6. The highest BCUT2D eigenvalue weighted by atomic mass is 16.8. The number of hydrogen-bond donors (Lipinski definition) is 1. The molecule has 11 heteroatoms. The van der Waals surface area contributed by atoms with Gasteiger partial charge in [-0.25, -0.2) is 14.4 Å². The van der Waals surface area contributed by atoms with Gasteiger partial charge in [0.05, 0.1) is 7.11 Å². The van der Waals surface area contributed by atoms with E-state index < -0.39 is 48.1 Å². The van der Waals surface area contributed by atoms with Crippen molar-refractivity contribution in [3.05, 3.63) is 23.8 Å². The van der Waals surface area contributed by atoms with Gasteiger partial charge in [-0.05, 0) is 49.8 Å². The first-order valence-corrected chi connectivity index (χ1v) is 12.1. The molecule has 2 unspecified atom stereocenters. The molecule has 0 aliphatic rings. The summed E-state index contributed by atoms with van der Waals surface area (Å²) in [6.07, 6.45) is -2.70. The Morgan fingerprint density at radius 1 is 0.865 bits per heavy atom. The molecule has 0 radical (unpaired) electrons. The summed E-state index contributed by atoms with van der Waals surface area (Å²) in [7, 11) is 1.11. The molecule has 0 bridgehead atoms. The second-order valence-corrected chi connectivity index (χ2v) is 9.38. The number of carbonyl (C=O) groups is 4. The third-order valence-electron chi connectivity index (χ3n) is 5.94. The van der Waals surface area contributed by atoms with E-state index >= 15 is 0 Å². The average molecular weight is 526 g/mol. The molecule has 37 heavy (non-hydrogen) atoms. The summed E-state index contributed by atoms with van der Waals surface area (Å²) in [6.45, 7) is 13.7. The van der Waals surface area contributed by atoms with E-state index in [0.717, 1.165) is 14.0 Å². The predicted molar refractivity (Wildman–Crippen MR) is 133 cm³/mol. The summed E-state index contributed by atoms with van der Waals surface area (Å²) in [4.78, 5) is 49.1. The zero-order valence-corrected chi connectivity index (χ0v) is 23.0. The van der Waals surface area contributed by atoms with Crippen LogP contribution in [-0.2, 0) is 28.5 Å². The lowest BCUT2D eigenvalue weighted by atomic mass is 9.86. The molecule has 1 aromatic rings. The van der Waals surface area contributed by atoms with Crippen LogP contribution in [0.3, 0.4) is 0 Å². The van der Waals surface area contributed by atoms with Crippen LogP contribution in [0.1, 0.15) is 73.3 Å². The number of hydrogen-bond acceptors (Lipinski definition) is 11. The van der Waals surface area contributed by atoms with Crippen LogP contribution >= 0.6 is 0 Å². The largest absolute Gasteiger partial charge is 0.514 e. The van der Waals surface area contributed by atoms with Crippen molar-refractivity contribution in [1.29, 1.82) is 0 Å². The van der Waals surface area contributed by atoms with Gasteiger partial charge in [0, 0.05) is 12.8 Å². The van der Waals surface area contributed by atoms with E-state index in [1.807, 2.05) is 27.7 Å². The Kier molecular flexibility index (Phi) is 11.8. The topological polar surface area (TPSA) is 150 Å². The monoisotopic (exact) mass is 525 g/mol. The van der Waals surface area contributed by atoms with E-state index in [4.69, 9.17) is 34.2 Å². The Balaban J connectivity index is 3.48. The first-order chi connectivity index (χ1) is 17.2. The molecule has 0 spiro atoms. The Labute approximate surface area is 217 Å². The molecule has 4 atom stereocenters. The predicted octanol–water partition coefficient (Wildman–Crippen LogP) is 4.69. The van der Waals surface area contributed by atoms with E-state index in [0.29, 0.717) is 5.56 Å². The first-order valence-electron chi connectivity index (χ1n) is 12.1. The van der Waals surface area contributed by atoms with Crippen LogP contribution in [0.2, 0.25) is 0 Å². The van der Waals surface area contributed by atoms with Crippen molar-refractivity contribution in [1.82, 2.24) is 0 Å². The van der Waals surface area contributed by atoms with Crippen molar-refractivity contribution in [2.45, 2.75) is 85.7 Å². The summed E-state index contributed by atoms with van der Waals surface area (Å²) in [5.41, 5.74) is 4.40. The van der Waals surface area contributed by atoms with Crippen LogP contribution in [0.4, 0.5) is 9.59 Å². The normalized spacial score (nSPS) is 15.1. The third-order valence-corrected chi connectivity index (χ3v) is 5.94. The summed E-state index contributed by atoms with van der Waals surface area (Å²) in [5.74, 6) is -2.96. The Morgan fingerprint density at radius 2 is 1.35 bits per heavy atom. The standard InChI is InChI=1S/C26H39NO10/c1-10-20(26(27,23(29)32-9)37-18(8)28)19-11-12-21(35-24(30)33-16(6)14(2)3)22(13-19)36-25(31)34-17(7)15(4)5/h11-17,20H,10,27H2,1-9H3/t16-,17?,20?,26+/m1/s1. The highest BCUT2D eigenvalue weighted by molar-refractivity contribution is 5.83. The maximum atomic E-state index is 12.5. The van der Waals surface area contributed by atoms with Gasteiger partial charge in [0.25, 0.3) is 5.72 Å². The van der Waals surface area contributed by atoms with Crippen LogP contribution < -0.4 is 15.2 Å². The lowest BCUT2D eigenvalue weighted by molar-refractivity contribution is -0.182.